The number of hydrogen-bond acceptors (Lipinski definition) is 4. The quantitative estimate of drug-likeness (QED) is 0.800. The zero-order chi connectivity index (χ0) is 17.5. The van der Waals surface area contributed by atoms with Crippen LogP contribution in [0.4, 0.5) is 0 Å². The van der Waals surface area contributed by atoms with E-state index in [4.69, 9.17) is 4.74 Å². The second kappa shape index (κ2) is 9.18. The molecule has 4 nitrogen and oxygen atoms in total. The fourth-order valence-electron chi connectivity index (χ4n) is 3.44. The van der Waals surface area contributed by atoms with Crippen molar-refractivity contribution < 1.29 is 9.84 Å². The van der Waals surface area contributed by atoms with Crippen LogP contribution in [0.3, 0.4) is 0 Å². The van der Waals surface area contributed by atoms with E-state index in [-0.39, 0.29) is 0 Å². The Morgan fingerprint density at radius 3 is 2.52 bits per heavy atom. The molecule has 4 heteroatoms. The summed E-state index contributed by atoms with van der Waals surface area (Å²) in [4.78, 5) is 4.87. The zero-order valence-corrected chi connectivity index (χ0v) is 15.2. The molecule has 0 aromatic heterocycles. The number of aliphatic hydroxyl groups excluding tert-OH is 1. The Bertz CT molecular complexity index is 648. The first-order valence-corrected chi connectivity index (χ1v) is 9.49. The molecule has 1 aliphatic heterocycles. The summed E-state index contributed by atoms with van der Waals surface area (Å²) >= 11 is 0. The van der Waals surface area contributed by atoms with Crippen LogP contribution in [0.25, 0.3) is 10.8 Å². The SMILES string of the molecule is CCCCN1CCN(CC(O)COc2cccc3ccccc23)CC1. The molecule has 2 aromatic rings. The van der Waals surface area contributed by atoms with Gasteiger partial charge < -0.3 is 14.7 Å². The third kappa shape index (κ3) is 5.18. The summed E-state index contributed by atoms with van der Waals surface area (Å²) in [6, 6.07) is 14.2. The molecule has 1 heterocycles. The van der Waals surface area contributed by atoms with Gasteiger partial charge in [0.05, 0.1) is 0 Å². The van der Waals surface area contributed by atoms with E-state index in [1.54, 1.807) is 0 Å². The number of ether oxygens (including phenoxy) is 1. The highest BCUT2D eigenvalue weighted by atomic mass is 16.5. The first-order valence-electron chi connectivity index (χ1n) is 9.49. The minimum atomic E-state index is -0.457. The number of nitrogens with zero attached hydrogens (tertiary/aromatic N) is 2. The number of rotatable bonds is 8. The number of hydrogen-bond donors (Lipinski definition) is 1. The average molecular weight is 342 g/mol. The highest BCUT2D eigenvalue weighted by molar-refractivity contribution is 5.88. The van der Waals surface area contributed by atoms with Gasteiger partial charge in [-0.1, -0.05) is 49.7 Å². The Labute approximate surface area is 151 Å². The Morgan fingerprint density at radius 2 is 1.72 bits per heavy atom. The number of piperazine rings is 1. The highest BCUT2D eigenvalue weighted by Gasteiger charge is 2.19. The van der Waals surface area contributed by atoms with Gasteiger partial charge in [0.15, 0.2) is 0 Å². The Morgan fingerprint density at radius 1 is 1.00 bits per heavy atom. The molecule has 0 bridgehead atoms. The second-order valence-corrected chi connectivity index (χ2v) is 6.94. The van der Waals surface area contributed by atoms with Crippen molar-refractivity contribution in [3.63, 3.8) is 0 Å². The Hall–Kier alpha value is -1.62. The summed E-state index contributed by atoms with van der Waals surface area (Å²) in [5.74, 6) is 0.849. The predicted molar refractivity (Wildman–Crippen MR) is 103 cm³/mol. The maximum absolute atomic E-state index is 10.4. The van der Waals surface area contributed by atoms with Crippen molar-refractivity contribution in [1.29, 1.82) is 0 Å². The second-order valence-electron chi connectivity index (χ2n) is 6.94. The molecule has 136 valence electrons. The van der Waals surface area contributed by atoms with Gasteiger partial charge in [-0.25, -0.2) is 0 Å². The number of unbranched alkanes of at least 4 members (excludes halogenated alkanes) is 1. The van der Waals surface area contributed by atoms with E-state index in [9.17, 15) is 5.11 Å². The normalized spacial score (nSPS) is 17.7. The lowest BCUT2D eigenvalue weighted by atomic mass is 10.1. The summed E-state index contributed by atoms with van der Waals surface area (Å²) in [7, 11) is 0. The van der Waals surface area contributed by atoms with Crippen LogP contribution in [-0.2, 0) is 0 Å². The van der Waals surface area contributed by atoms with E-state index >= 15 is 0 Å². The van der Waals surface area contributed by atoms with Gasteiger partial charge in [0, 0.05) is 38.1 Å². The van der Waals surface area contributed by atoms with E-state index < -0.39 is 6.10 Å². The standard InChI is InChI=1S/C21H30N2O2/c1-2-3-11-22-12-14-23(15-13-22)16-19(24)17-25-21-10-6-8-18-7-4-5-9-20(18)21/h4-10,19,24H,2-3,11-17H2,1H3. The van der Waals surface area contributed by atoms with Gasteiger partial charge in [-0.2, -0.15) is 0 Å². The lowest BCUT2D eigenvalue weighted by Crippen LogP contribution is -2.49. The fourth-order valence-corrected chi connectivity index (χ4v) is 3.44. The monoisotopic (exact) mass is 342 g/mol. The lowest BCUT2D eigenvalue weighted by molar-refractivity contribution is 0.0462. The third-order valence-electron chi connectivity index (χ3n) is 4.94. The van der Waals surface area contributed by atoms with Crippen LogP contribution in [0, 0.1) is 0 Å². The molecule has 0 spiro atoms. The first kappa shape index (κ1) is 18.2. The molecule has 1 atom stereocenters. The largest absolute Gasteiger partial charge is 0.490 e. The summed E-state index contributed by atoms with van der Waals surface area (Å²) in [5, 5.41) is 12.6. The van der Waals surface area contributed by atoms with E-state index in [0.29, 0.717) is 13.2 Å². The van der Waals surface area contributed by atoms with Gasteiger partial charge in [-0.3, -0.25) is 4.90 Å². The van der Waals surface area contributed by atoms with Gasteiger partial charge in [-0.05, 0) is 24.4 Å². The number of aliphatic hydroxyl groups is 1. The molecule has 1 N–H and O–H groups in total. The lowest BCUT2D eigenvalue weighted by Gasteiger charge is -2.35. The van der Waals surface area contributed by atoms with Gasteiger partial charge in [0.1, 0.15) is 18.5 Å². The maximum Gasteiger partial charge on any atom is 0.127 e. The molecule has 0 radical (unpaired) electrons. The smallest absolute Gasteiger partial charge is 0.127 e. The van der Waals surface area contributed by atoms with Crippen molar-refractivity contribution in [3.05, 3.63) is 42.5 Å². The summed E-state index contributed by atoms with van der Waals surface area (Å²) in [6.07, 6.45) is 2.08. The minimum absolute atomic E-state index is 0.337. The summed E-state index contributed by atoms with van der Waals surface area (Å²) in [5.41, 5.74) is 0. The number of benzene rings is 2. The van der Waals surface area contributed by atoms with E-state index in [0.717, 1.165) is 42.7 Å². The van der Waals surface area contributed by atoms with Crippen molar-refractivity contribution in [1.82, 2.24) is 9.80 Å². The van der Waals surface area contributed by atoms with Gasteiger partial charge in [-0.15, -0.1) is 0 Å². The average Bonchev–Trinajstić information content (AvgIpc) is 2.66. The number of fused-ring (bicyclic) bond motifs is 1. The summed E-state index contributed by atoms with van der Waals surface area (Å²) in [6.45, 7) is 8.76. The third-order valence-corrected chi connectivity index (χ3v) is 4.94. The molecule has 1 fully saturated rings. The van der Waals surface area contributed by atoms with Crippen LogP contribution in [0.5, 0.6) is 5.75 Å². The zero-order valence-electron chi connectivity index (χ0n) is 15.2. The summed E-state index contributed by atoms with van der Waals surface area (Å²) < 4.78 is 5.91. The Kier molecular flexibility index (Phi) is 6.68. The Balaban J connectivity index is 1.45. The minimum Gasteiger partial charge on any atom is -0.490 e. The first-order chi connectivity index (χ1) is 12.3. The molecular weight excluding hydrogens is 312 g/mol. The molecule has 1 saturated heterocycles. The van der Waals surface area contributed by atoms with Crippen molar-refractivity contribution >= 4 is 10.8 Å². The highest BCUT2D eigenvalue weighted by Crippen LogP contribution is 2.25. The van der Waals surface area contributed by atoms with Crippen LogP contribution in [-0.4, -0.2) is 66.9 Å². The van der Waals surface area contributed by atoms with Gasteiger partial charge >= 0.3 is 0 Å². The predicted octanol–water partition coefficient (Wildman–Crippen LogP) is 3.00. The van der Waals surface area contributed by atoms with Crippen molar-refractivity contribution in [2.75, 3.05) is 45.9 Å². The van der Waals surface area contributed by atoms with Crippen molar-refractivity contribution in [3.8, 4) is 5.75 Å². The van der Waals surface area contributed by atoms with Crippen LogP contribution >= 0.6 is 0 Å². The van der Waals surface area contributed by atoms with Crippen LogP contribution in [0.15, 0.2) is 42.5 Å². The van der Waals surface area contributed by atoms with Crippen molar-refractivity contribution in [2.24, 2.45) is 0 Å². The molecule has 0 amide bonds. The van der Waals surface area contributed by atoms with Gasteiger partial charge in [0.2, 0.25) is 0 Å². The molecular formula is C21H30N2O2. The molecule has 3 rings (SSSR count). The van der Waals surface area contributed by atoms with E-state index in [2.05, 4.69) is 34.9 Å². The van der Waals surface area contributed by atoms with E-state index in [1.165, 1.54) is 19.4 Å². The molecule has 1 aliphatic rings. The molecule has 25 heavy (non-hydrogen) atoms. The van der Waals surface area contributed by atoms with Crippen molar-refractivity contribution in [2.45, 2.75) is 25.9 Å². The fraction of sp³-hybridized carbons (Fsp3) is 0.524. The van der Waals surface area contributed by atoms with Crippen LogP contribution < -0.4 is 4.74 Å². The van der Waals surface area contributed by atoms with Gasteiger partial charge in [0.25, 0.3) is 0 Å². The van der Waals surface area contributed by atoms with Crippen LogP contribution in [0.2, 0.25) is 0 Å². The maximum atomic E-state index is 10.4. The topological polar surface area (TPSA) is 35.9 Å². The number of β-amino-alcohol motifs (C(OH)–C–C–N with tert-alkyl or cyclic N) is 1. The molecule has 1 unspecified atom stereocenters. The van der Waals surface area contributed by atoms with Crippen LogP contribution in [0.1, 0.15) is 19.8 Å². The molecule has 2 aromatic carbocycles. The molecule has 0 aliphatic carbocycles. The van der Waals surface area contributed by atoms with E-state index in [1.807, 2.05) is 24.3 Å². The molecule has 0 saturated carbocycles.